The zero-order valence-corrected chi connectivity index (χ0v) is 6.37. The van der Waals surface area contributed by atoms with Crippen LogP contribution >= 0.6 is 0 Å². The van der Waals surface area contributed by atoms with Crippen LogP contribution in [0.1, 0.15) is 11.6 Å². The summed E-state index contributed by atoms with van der Waals surface area (Å²) >= 11 is 0. The molecule has 0 bridgehead atoms. The van der Waals surface area contributed by atoms with Gasteiger partial charge in [0.25, 0.3) is 0 Å². The number of aliphatic hydroxyl groups excluding tert-OH is 1. The second-order valence-electron chi connectivity index (χ2n) is 2.50. The Kier molecular flexibility index (Phi) is 2.62. The maximum absolute atomic E-state index is 12.5. The smallest absolute Gasteiger partial charge is 0.164 e. The molecule has 0 fully saturated rings. The van der Waals surface area contributed by atoms with Gasteiger partial charge in [-0.15, -0.1) is 0 Å². The summed E-state index contributed by atoms with van der Waals surface area (Å²) in [6.45, 7) is -0.231. The Bertz CT molecular complexity index is 278. The Morgan fingerprint density at radius 2 is 2.17 bits per heavy atom. The lowest BCUT2D eigenvalue weighted by Gasteiger charge is -2.08. The van der Waals surface area contributed by atoms with Crippen molar-refractivity contribution in [1.82, 2.24) is 0 Å². The first-order valence-corrected chi connectivity index (χ1v) is 3.50. The number of phenols is 1. The lowest BCUT2D eigenvalue weighted by molar-refractivity contribution is 0.267. The summed E-state index contributed by atoms with van der Waals surface area (Å²) in [5, 5.41) is 17.6. The van der Waals surface area contributed by atoms with Crippen molar-refractivity contribution in [2.24, 2.45) is 5.73 Å². The van der Waals surface area contributed by atoms with Gasteiger partial charge in [0.05, 0.1) is 12.6 Å². The number of nitrogens with two attached hydrogens (primary N) is 1. The molecule has 0 aliphatic rings. The molecule has 0 aliphatic carbocycles. The molecule has 0 radical (unpaired) electrons. The third-order valence-corrected chi connectivity index (χ3v) is 1.60. The maximum Gasteiger partial charge on any atom is 0.164 e. The highest BCUT2D eigenvalue weighted by Crippen LogP contribution is 2.19. The third kappa shape index (κ3) is 1.72. The van der Waals surface area contributed by atoms with Gasteiger partial charge in [0.1, 0.15) is 0 Å². The van der Waals surface area contributed by atoms with E-state index in [2.05, 4.69) is 0 Å². The lowest BCUT2D eigenvalue weighted by atomic mass is 10.1. The van der Waals surface area contributed by atoms with Crippen molar-refractivity contribution in [3.05, 3.63) is 29.6 Å². The van der Waals surface area contributed by atoms with Gasteiger partial charge in [-0.25, -0.2) is 4.39 Å². The first kappa shape index (κ1) is 8.96. The Balaban J connectivity index is 2.96. The zero-order chi connectivity index (χ0) is 9.14. The Hall–Kier alpha value is -1.13. The van der Waals surface area contributed by atoms with Gasteiger partial charge in [0, 0.05) is 0 Å². The average Bonchev–Trinajstić information content (AvgIpc) is 2.08. The SMILES string of the molecule is N[C@@H](CO)c1ccc(F)c(O)c1. The third-order valence-electron chi connectivity index (χ3n) is 1.60. The number of halogens is 1. The number of hydrogen-bond donors (Lipinski definition) is 3. The molecular weight excluding hydrogens is 161 g/mol. The molecule has 4 N–H and O–H groups in total. The number of hydrogen-bond acceptors (Lipinski definition) is 3. The monoisotopic (exact) mass is 171 g/mol. The van der Waals surface area contributed by atoms with Gasteiger partial charge in [0.2, 0.25) is 0 Å². The van der Waals surface area contributed by atoms with Crippen molar-refractivity contribution in [3.8, 4) is 5.75 Å². The fourth-order valence-corrected chi connectivity index (χ4v) is 0.866. The normalized spacial score (nSPS) is 12.9. The van der Waals surface area contributed by atoms with Crippen molar-refractivity contribution in [1.29, 1.82) is 0 Å². The van der Waals surface area contributed by atoms with Crippen LogP contribution in [0.4, 0.5) is 4.39 Å². The van der Waals surface area contributed by atoms with E-state index < -0.39 is 17.6 Å². The van der Waals surface area contributed by atoms with E-state index in [1.54, 1.807) is 0 Å². The summed E-state index contributed by atoms with van der Waals surface area (Å²) < 4.78 is 12.5. The van der Waals surface area contributed by atoms with Crippen LogP contribution in [0.25, 0.3) is 0 Å². The number of rotatable bonds is 2. The average molecular weight is 171 g/mol. The molecule has 0 amide bonds. The van der Waals surface area contributed by atoms with Crippen molar-refractivity contribution >= 4 is 0 Å². The van der Waals surface area contributed by atoms with Gasteiger partial charge < -0.3 is 15.9 Å². The van der Waals surface area contributed by atoms with Gasteiger partial charge >= 0.3 is 0 Å². The van der Waals surface area contributed by atoms with E-state index in [4.69, 9.17) is 15.9 Å². The fraction of sp³-hybridized carbons (Fsp3) is 0.250. The van der Waals surface area contributed by atoms with Gasteiger partial charge in [-0.05, 0) is 17.7 Å². The minimum Gasteiger partial charge on any atom is -0.505 e. The van der Waals surface area contributed by atoms with Crippen LogP contribution in [0.3, 0.4) is 0 Å². The lowest BCUT2D eigenvalue weighted by Crippen LogP contribution is -2.14. The molecule has 1 atom stereocenters. The molecule has 66 valence electrons. The summed E-state index contributed by atoms with van der Waals surface area (Å²) in [5.41, 5.74) is 5.94. The van der Waals surface area contributed by atoms with E-state index in [-0.39, 0.29) is 6.61 Å². The standard InChI is InChI=1S/C8H10FNO2/c9-6-2-1-5(3-8(6)12)7(10)4-11/h1-3,7,11-12H,4,10H2/t7-/m0/s1. The highest BCUT2D eigenvalue weighted by molar-refractivity contribution is 5.30. The van der Waals surface area contributed by atoms with Crippen molar-refractivity contribution < 1.29 is 14.6 Å². The molecule has 0 spiro atoms. The van der Waals surface area contributed by atoms with E-state index >= 15 is 0 Å². The van der Waals surface area contributed by atoms with Crippen LogP contribution < -0.4 is 5.73 Å². The van der Waals surface area contributed by atoms with Crippen molar-refractivity contribution in [2.75, 3.05) is 6.61 Å². The van der Waals surface area contributed by atoms with E-state index in [0.29, 0.717) is 5.56 Å². The van der Waals surface area contributed by atoms with Crippen LogP contribution in [0.15, 0.2) is 18.2 Å². The Morgan fingerprint density at radius 1 is 1.50 bits per heavy atom. The molecule has 4 heteroatoms. The quantitative estimate of drug-likeness (QED) is 0.607. The largest absolute Gasteiger partial charge is 0.505 e. The minimum absolute atomic E-state index is 0.231. The van der Waals surface area contributed by atoms with Gasteiger partial charge in [0.15, 0.2) is 11.6 Å². The predicted molar refractivity (Wildman–Crippen MR) is 42.1 cm³/mol. The predicted octanol–water partition coefficient (Wildman–Crippen LogP) is 0.523. The fourth-order valence-electron chi connectivity index (χ4n) is 0.866. The maximum atomic E-state index is 12.5. The zero-order valence-electron chi connectivity index (χ0n) is 6.37. The highest BCUT2D eigenvalue weighted by Gasteiger charge is 2.07. The Labute approximate surface area is 69.3 Å². The first-order valence-electron chi connectivity index (χ1n) is 3.50. The molecule has 0 saturated heterocycles. The summed E-state index contributed by atoms with van der Waals surface area (Å²) in [4.78, 5) is 0. The van der Waals surface area contributed by atoms with Gasteiger partial charge in [-0.2, -0.15) is 0 Å². The molecule has 3 nitrogen and oxygen atoms in total. The summed E-state index contributed by atoms with van der Waals surface area (Å²) in [6, 6.07) is 3.17. The van der Waals surface area contributed by atoms with Crippen molar-refractivity contribution in [2.45, 2.75) is 6.04 Å². The molecule has 12 heavy (non-hydrogen) atoms. The van der Waals surface area contributed by atoms with Crippen molar-refractivity contribution in [3.63, 3.8) is 0 Å². The van der Waals surface area contributed by atoms with Crippen LogP contribution in [-0.4, -0.2) is 16.8 Å². The number of benzene rings is 1. The molecule has 0 unspecified atom stereocenters. The summed E-state index contributed by atoms with van der Waals surface area (Å²) in [6.07, 6.45) is 0. The molecule has 0 heterocycles. The highest BCUT2D eigenvalue weighted by atomic mass is 19.1. The number of aliphatic hydroxyl groups is 1. The molecule has 0 saturated carbocycles. The second kappa shape index (κ2) is 3.51. The minimum atomic E-state index is -0.691. The number of aromatic hydroxyl groups is 1. The van der Waals surface area contributed by atoms with E-state index in [9.17, 15) is 4.39 Å². The van der Waals surface area contributed by atoms with E-state index in [1.807, 2.05) is 0 Å². The molecule has 1 aromatic rings. The molecule has 0 aromatic heterocycles. The molecular formula is C8H10FNO2. The van der Waals surface area contributed by atoms with Gasteiger partial charge in [-0.1, -0.05) is 6.07 Å². The summed E-state index contributed by atoms with van der Waals surface area (Å²) in [7, 11) is 0. The topological polar surface area (TPSA) is 66.5 Å². The van der Waals surface area contributed by atoms with E-state index in [0.717, 1.165) is 6.07 Å². The van der Waals surface area contributed by atoms with E-state index in [1.165, 1.54) is 12.1 Å². The van der Waals surface area contributed by atoms with Gasteiger partial charge in [-0.3, -0.25) is 0 Å². The first-order chi connectivity index (χ1) is 5.65. The number of phenolic OH excluding ortho intramolecular Hbond substituents is 1. The molecule has 1 aromatic carbocycles. The van der Waals surface area contributed by atoms with Crippen LogP contribution in [-0.2, 0) is 0 Å². The second-order valence-corrected chi connectivity index (χ2v) is 2.50. The molecule has 0 aliphatic heterocycles. The molecule has 1 rings (SSSR count). The van der Waals surface area contributed by atoms with Crippen LogP contribution in [0, 0.1) is 5.82 Å². The summed E-state index contributed by atoms with van der Waals surface area (Å²) in [5.74, 6) is -1.14. The Morgan fingerprint density at radius 3 is 2.67 bits per heavy atom. The van der Waals surface area contributed by atoms with Crippen LogP contribution in [0.5, 0.6) is 5.75 Å². The van der Waals surface area contributed by atoms with Crippen LogP contribution in [0.2, 0.25) is 0 Å².